The zero-order valence-electron chi connectivity index (χ0n) is 26.1. The molecule has 41 heavy (non-hydrogen) atoms. The Hall–Kier alpha value is -1.53. The summed E-state index contributed by atoms with van der Waals surface area (Å²) in [6.07, 6.45) is 20.4. The summed E-state index contributed by atoms with van der Waals surface area (Å²) in [4.78, 5) is 33.3. The molecule has 0 saturated heterocycles. The fraction of sp³-hybridized carbons (Fsp3) is 0.900. The summed E-state index contributed by atoms with van der Waals surface area (Å²) >= 11 is 0. The van der Waals surface area contributed by atoms with Gasteiger partial charge < -0.3 is 42.7 Å². The minimum atomic E-state index is -3.94. The molecular formula is C30H58NO9Si-. The maximum absolute atomic E-state index is 11.2. The average molecular weight is 605 g/mol. The predicted octanol–water partition coefficient (Wildman–Crippen LogP) is 3.68. The van der Waals surface area contributed by atoms with Crippen molar-refractivity contribution >= 4 is 26.7 Å². The molecule has 0 aromatic carbocycles. The van der Waals surface area contributed by atoms with E-state index in [0.29, 0.717) is 6.42 Å². The second-order valence-corrected chi connectivity index (χ2v) is 14.3. The number of aliphatic carboxylic acids is 3. The van der Waals surface area contributed by atoms with Crippen molar-refractivity contribution < 1.29 is 47.5 Å². The first-order valence-electron chi connectivity index (χ1n) is 15.9. The van der Waals surface area contributed by atoms with Gasteiger partial charge in [0.15, 0.2) is 0 Å². The number of hydrogen-bond donors (Lipinski definition) is 1. The van der Waals surface area contributed by atoms with Gasteiger partial charge in [-0.2, -0.15) is 0 Å². The van der Waals surface area contributed by atoms with E-state index < -0.39 is 46.5 Å². The first-order chi connectivity index (χ1) is 19.6. The SMILES string of the molecule is CCCCCCCCCC[N+](C)(CCCCCCCCCC)CCC[Si](OCC(=O)[O-])(OCC(=O)[O-])OCC(=O)O. The maximum atomic E-state index is 11.2. The van der Waals surface area contributed by atoms with Crippen LogP contribution in [0.1, 0.15) is 123 Å². The summed E-state index contributed by atoms with van der Waals surface area (Å²) in [7, 11) is -1.71. The largest absolute Gasteiger partial charge is 0.548 e. The van der Waals surface area contributed by atoms with Gasteiger partial charge in [-0.1, -0.05) is 90.9 Å². The van der Waals surface area contributed by atoms with Gasteiger partial charge in [-0.3, -0.25) is 0 Å². The predicted molar refractivity (Wildman–Crippen MR) is 157 cm³/mol. The van der Waals surface area contributed by atoms with Gasteiger partial charge in [0.1, 0.15) is 6.61 Å². The zero-order chi connectivity index (χ0) is 30.8. The fourth-order valence-electron chi connectivity index (χ4n) is 5.12. The minimum absolute atomic E-state index is 0.101. The highest BCUT2D eigenvalue weighted by Crippen LogP contribution is 2.22. The molecule has 0 unspecified atom stereocenters. The molecule has 0 aromatic heterocycles. The van der Waals surface area contributed by atoms with Crippen molar-refractivity contribution in [3.8, 4) is 0 Å². The number of quaternary nitrogens is 1. The van der Waals surface area contributed by atoms with Gasteiger partial charge in [-0.25, -0.2) is 4.79 Å². The van der Waals surface area contributed by atoms with Crippen LogP contribution in [0, 0.1) is 0 Å². The van der Waals surface area contributed by atoms with Crippen molar-refractivity contribution in [1.29, 1.82) is 0 Å². The summed E-state index contributed by atoms with van der Waals surface area (Å²) < 4.78 is 17.0. The molecule has 11 heteroatoms. The number of unbranched alkanes of at least 4 members (excludes halogenated alkanes) is 14. The number of carbonyl (C=O) groups is 3. The van der Waals surface area contributed by atoms with Crippen molar-refractivity contribution in [2.75, 3.05) is 46.5 Å². The highest BCUT2D eigenvalue weighted by molar-refractivity contribution is 6.61. The lowest BCUT2D eigenvalue weighted by Gasteiger charge is -2.36. The Bertz CT molecular complexity index is 627. The third-order valence-electron chi connectivity index (χ3n) is 7.52. The standard InChI is InChI=1S/C30H59NO9Si/c1-4-6-8-10-12-14-16-18-21-31(3,22-19-17-15-13-11-9-7-5-2)23-20-24-41(38-25-28(32)33,39-26-29(34)35)40-27-30(36)37/h4-27H2,1-3H3,(H2-,32,33,34,35,36,37)/p-1. The minimum Gasteiger partial charge on any atom is -0.548 e. The van der Waals surface area contributed by atoms with Crippen molar-refractivity contribution in [3.63, 3.8) is 0 Å². The topological polar surface area (TPSA) is 145 Å². The Balaban J connectivity index is 5.16. The van der Waals surface area contributed by atoms with Crippen LogP contribution < -0.4 is 10.2 Å². The van der Waals surface area contributed by atoms with Crippen molar-refractivity contribution in [3.05, 3.63) is 0 Å². The van der Waals surface area contributed by atoms with E-state index >= 15 is 0 Å². The number of nitrogens with zero attached hydrogens (tertiary/aromatic N) is 1. The molecule has 0 aliphatic carbocycles. The quantitative estimate of drug-likeness (QED) is 0.0711. The molecule has 0 spiro atoms. The molecule has 0 aliphatic heterocycles. The Morgan fingerprint density at radius 3 is 1.29 bits per heavy atom. The molecule has 0 bridgehead atoms. The fourth-order valence-corrected chi connectivity index (χ4v) is 7.41. The monoisotopic (exact) mass is 604 g/mol. The van der Waals surface area contributed by atoms with Crippen LogP contribution in [0.3, 0.4) is 0 Å². The first kappa shape index (κ1) is 39.5. The number of carboxylic acids is 3. The lowest BCUT2D eigenvalue weighted by molar-refractivity contribution is -0.910. The van der Waals surface area contributed by atoms with Crippen LogP contribution in [-0.4, -0.2) is 82.8 Å². The Kier molecular flexibility index (Phi) is 24.1. The molecule has 0 saturated carbocycles. The van der Waals surface area contributed by atoms with E-state index in [1.165, 1.54) is 89.9 Å². The molecule has 0 heterocycles. The van der Waals surface area contributed by atoms with Crippen molar-refractivity contribution in [1.82, 2.24) is 0 Å². The molecule has 1 N–H and O–H groups in total. The van der Waals surface area contributed by atoms with Crippen LogP contribution in [0.4, 0.5) is 0 Å². The summed E-state index contributed by atoms with van der Waals surface area (Å²) in [6.45, 7) is 4.67. The average Bonchev–Trinajstić information content (AvgIpc) is 2.92. The molecule has 10 nitrogen and oxygen atoms in total. The highest BCUT2D eigenvalue weighted by atomic mass is 28.4. The summed E-state index contributed by atoms with van der Waals surface area (Å²) in [5.74, 6) is -4.34. The summed E-state index contributed by atoms with van der Waals surface area (Å²) in [6, 6.07) is 0.101. The maximum Gasteiger partial charge on any atom is 0.502 e. The molecular weight excluding hydrogens is 546 g/mol. The van der Waals surface area contributed by atoms with E-state index in [1.54, 1.807) is 0 Å². The van der Waals surface area contributed by atoms with Gasteiger partial charge >= 0.3 is 14.8 Å². The molecule has 0 aliphatic rings. The van der Waals surface area contributed by atoms with Crippen LogP contribution in [0.5, 0.6) is 0 Å². The first-order valence-corrected chi connectivity index (χ1v) is 17.9. The lowest BCUT2D eigenvalue weighted by atomic mass is 10.1. The van der Waals surface area contributed by atoms with Crippen LogP contribution in [0.25, 0.3) is 0 Å². The van der Waals surface area contributed by atoms with Crippen LogP contribution in [-0.2, 0) is 27.7 Å². The second-order valence-electron chi connectivity index (χ2n) is 11.5. The van der Waals surface area contributed by atoms with E-state index in [4.69, 9.17) is 18.4 Å². The summed E-state index contributed by atoms with van der Waals surface area (Å²) in [5.41, 5.74) is 0. The van der Waals surface area contributed by atoms with Gasteiger partial charge in [0.05, 0.1) is 51.8 Å². The third kappa shape index (κ3) is 23.7. The third-order valence-corrected chi connectivity index (χ3v) is 10.2. The van der Waals surface area contributed by atoms with Crippen LogP contribution in [0.2, 0.25) is 6.04 Å². The Morgan fingerprint density at radius 1 is 0.585 bits per heavy atom. The van der Waals surface area contributed by atoms with Gasteiger partial charge in [-0.05, 0) is 25.7 Å². The number of rotatable bonds is 31. The van der Waals surface area contributed by atoms with E-state index in [1.807, 2.05) is 0 Å². The van der Waals surface area contributed by atoms with Gasteiger partial charge in [0, 0.05) is 12.5 Å². The molecule has 0 amide bonds. The number of carbonyl (C=O) groups excluding carboxylic acids is 2. The molecule has 0 atom stereocenters. The molecule has 0 rings (SSSR count). The summed E-state index contributed by atoms with van der Waals surface area (Å²) in [5, 5.41) is 31.3. The van der Waals surface area contributed by atoms with Gasteiger partial charge in [0.2, 0.25) is 0 Å². The van der Waals surface area contributed by atoms with Crippen LogP contribution >= 0.6 is 0 Å². The molecule has 0 aromatic rings. The van der Waals surface area contributed by atoms with Crippen molar-refractivity contribution in [2.24, 2.45) is 0 Å². The van der Waals surface area contributed by atoms with Crippen molar-refractivity contribution in [2.45, 2.75) is 129 Å². The number of carboxylic acid groups (broad SMARTS) is 3. The lowest BCUT2D eigenvalue weighted by Crippen LogP contribution is -2.52. The Morgan fingerprint density at radius 2 is 0.927 bits per heavy atom. The highest BCUT2D eigenvalue weighted by Gasteiger charge is 2.42. The van der Waals surface area contributed by atoms with Gasteiger partial charge in [0.25, 0.3) is 0 Å². The molecule has 0 radical (unpaired) electrons. The van der Waals surface area contributed by atoms with Crippen LogP contribution in [0.15, 0.2) is 0 Å². The van der Waals surface area contributed by atoms with Gasteiger partial charge in [-0.15, -0.1) is 0 Å². The zero-order valence-corrected chi connectivity index (χ0v) is 27.1. The Labute approximate surface area is 249 Å². The number of hydrogen-bond acceptors (Lipinski definition) is 8. The molecule has 242 valence electrons. The second kappa shape index (κ2) is 25.0. The van der Waals surface area contributed by atoms with E-state index in [9.17, 15) is 24.6 Å². The van der Waals surface area contributed by atoms with E-state index in [-0.39, 0.29) is 6.04 Å². The van der Waals surface area contributed by atoms with E-state index in [2.05, 4.69) is 20.9 Å². The normalized spacial score (nSPS) is 12.1. The molecule has 0 fully saturated rings. The smallest absolute Gasteiger partial charge is 0.502 e. The van der Waals surface area contributed by atoms with E-state index in [0.717, 1.165) is 37.0 Å².